The Morgan fingerprint density at radius 1 is 0.565 bits per heavy atom. The fraction of sp³-hybridized carbons (Fsp3) is 0.523. The Labute approximate surface area is 280 Å². The average Bonchev–Trinajstić information content (AvgIpc) is 3.15. The van der Waals surface area contributed by atoms with Crippen LogP contribution in [0.5, 0.6) is 0 Å². The molecule has 0 heterocycles. The van der Waals surface area contributed by atoms with Crippen LogP contribution >= 0.6 is 0 Å². The Kier molecular flexibility index (Phi) is 13.5. The Bertz CT molecular complexity index is 1420. The molecule has 2 heteroatoms. The van der Waals surface area contributed by atoms with Gasteiger partial charge in [-0.15, -0.1) is 0 Å². The molecule has 0 bridgehead atoms. The van der Waals surface area contributed by atoms with E-state index < -0.39 is 0 Å². The first-order valence-electron chi connectivity index (χ1n) is 17.7. The van der Waals surface area contributed by atoms with Gasteiger partial charge in [-0.25, -0.2) is 0 Å². The van der Waals surface area contributed by atoms with E-state index >= 15 is 0 Å². The Morgan fingerprint density at radius 3 is 1.50 bits per heavy atom. The van der Waals surface area contributed by atoms with Gasteiger partial charge in [0.05, 0.1) is 12.2 Å². The van der Waals surface area contributed by atoms with Crippen molar-refractivity contribution >= 4 is 28.3 Å². The molecule has 0 spiro atoms. The lowest BCUT2D eigenvalue weighted by Crippen LogP contribution is -2.28. The van der Waals surface area contributed by atoms with Crippen molar-refractivity contribution in [3.63, 3.8) is 0 Å². The van der Waals surface area contributed by atoms with Crippen LogP contribution in [-0.4, -0.2) is 19.0 Å². The van der Waals surface area contributed by atoms with Crippen molar-refractivity contribution < 1.29 is 9.53 Å². The molecule has 0 unspecified atom stereocenters. The maximum atomic E-state index is 8.00. The molecule has 3 aliphatic rings. The minimum Gasteiger partial charge on any atom is -0.375 e. The molecule has 0 atom stereocenters. The third-order valence-corrected chi connectivity index (χ3v) is 11.3. The lowest BCUT2D eigenvalue weighted by Gasteiger charge is -2.35. The summed E-state index contributed by atoms with van der Waals surface area (Å²) in [5.41, 5.74) is 5.90. The summed E-state index contributed by atoms with van der Waals surface area (Å²) in [6.45, 7) is 4.35. The third kappa shape index (κ3) is 8.11. The second kappa shape index (κ2) is 17.3. The van der Waals surface area contributed by atoms with Crippen molar-refractivity contribution in [3.05, 3.63) is 83.9 Å². The van der Waals surface area contributed by atoms with Crippen LogP contribution in [0.4, 0.5) is 0 Å². The van der Waals surface area contributed by atoms with Crippen LogP contribution < -0.4 is 0 Å². The molecule has 4 aromatic rings. The number of hydrogen-bond donors (Lipinski definition) is 0. The van der Waals surface area contributed by atoms with Crippen molar-refractivity contribution in [2.45, 2.75) is 130 Å². The van der Waals surface area contributed by atoms with E-state index in [1.807, 2.05) is 6.79 Å². The van der Waals surface area contributed by atoms with Crippen molar-refractivity contribution in [1.29, 1.82) is 0 Å². The van der Waals surface area contributed by atoms with Crippen LogP contribution in [-0.2, 0) is 22.4 Å². The fourth-order valence-corrected chi connectivity index (χ4v) is 8.97. The van der Waals surface area contributed by atoms with Crippen molar-refractivity contribution in [2.24, 2.45) is 17.8 Å². The van der Waals surface area contributed by atoms with E-state index in [0.717, 1.165) is 43.4 Å². The molecule has 46 heavy (non-hydrogen) atoms. The van der Waals surface area contributed by atoms with Gasteiger partial charge in [0.2, 0.25) is 0 Å². The van der Waals surface area contributed by atoms with Crippen LogP contribution in [0.1, 0.15) is 116 Å². The van der Waals surface area contributed by atoms with Gasteiger partial charge >= 0.3 is 0 Å². The summed E-state index contributed by atoms with van der Waals surface area (Å²) in [5, 5.41) is 5.47. The van der Waals surface area contributed by atoms with Crippen molar-refractivity contribution in [1.82, 2.24) is 0 Å². The zero-order chi connectivity index (χ0) is 30.3. The van der Waals surface area contributed by atoms with Crippen molar-refractivity contribution in [3.8, 4) is 11.1 Å². The molecular formula is C44H60O2. The molecular weight excluding hydrogens is 560 g/mol. The minimum absolute atomic E-state index is 0. The number of benzene rings is 4. The molecule has 2 fully saturated rings. The monoisotopic (exact) mass is 620 g/mol. The number of carbonyl (C=O) groups excluding carboxylic acids is 1. The summed E-state index contributed by atoms with van der Waals surface area (Å²) in [5.74, 6) is 2.97. The third-order valence-electron chi connectivity index (χ3n) is 11.3. The Morgan fingerprint density at radius 2 is 1.00 bits per heavy atom. The molecule has 0 N–H and O–H groups in total. The van der Waals surface area contributed by atoms with Gasteiger partial charge in [0.1, 0.15) is 6.79 Å². The van der Waals surface area contributed by atoms with Gasteiger partial charge in [-0.3, -0.25) is 0 Å². The van der Waals surface area contributed by atoms with E-state index in [4.69, 9.17) is 9.53 Å². The van der Waals surface area contributed by atoms with E-state index in [2.05, 4.69) is 79.7 Å². The molecule has 7 rings (SSSR count). The summed E-state index contributed by atoms with van der Waals surface area (Å²) in [6.07, 6.45) is 20.8. The highest BCUT2D eigenvalue weighted by molar-refractivity contribution is 6.07. The largest absolute Gasteiger partial charge is 0.375 e. The van der Waals surface area contributed by atoms with Gasteiger partial charge in [-0.1, -0.05) is 133 Å². The van der Waals surface area contributed by atoms with Crippen LogP contribution in [0.2, 0.25) is 0 Å². The molecule has 4 aromatic carbocycles. The van der Waals surface area contributed by atoms with E-state index in [0.29, 0.717) is 12.2 Å². The molecule has 2 saturated carbocycles. The Balaban J connectivity index is 0.00000118. The first kappa shape index (κ1) is 35.9. The van der Waals surface area contributed by atoms with E-state index in [-0.39, 0.29) is 14.9 Å². The van der Waals surface area contributed by atoms with Gasteiger partial charge < -0.3 is 9.53 Å². The summed E-state index contributed by atoms with van der Waals surface area (Å²) in [7, 11) is 0. The smallest absolute Gasteiger partial charge is 0.106 e. The highest BCUT2D eigenvalue weighted by atomic mass is 16.5. The summed E-state index contributed by atoms with van der Waals surface area (Å²) < 4.78 is 7.01. The highest BCUT2D eigenvalue weighted by Crippen LogP contribution is 2.42. The van der Waals surface area contributed by atoms with E-state index in [1.54, 1.807) is 0 Å². The molecule has 3 aliphatic carbocycles. The zero-order valence-corrected chi connectivity index (χ0v) is 26.9. The number of carbonyl (C=O) groups is 1. The van der Waals surface area contributed by atoms with Crippen molar-refractivity contribution in [2.75, 3.05) is 0 Å². The number of hydrogen-bond acceptors (Lipinski definition) is 2. The van der Waals surface area contributed by atoms with Gasteiger partial charge in [-0.05, 0) is 119 Å². The molecule has 0 amide bonds. The first-order valence-corrected chi connectivity index (χ1v) is 17.7. The molecule has 0 aliphatic heterocycles. The van der Waals surface area contributed by atoms with E-state index in [1.165, 1.54) is 114 Å². The number of rotatable bonds is 6. The van der Waals surface area contributed by atoms with Gasteiger partial charge in [-0.2, -0.15) is 0 Å². The standard InChI is InChI=1S/C41H50O.CH2O.2CH4/c1-2-7-29-12-14-30(15-13-29)28-31-16-24-36(25-17-31)42-37-26-22-34-20-18-32-8-3-5-10-38(32)40(34)41-35(23-27-37)21-19-33-9-4-6-11-39(33)41;1-2;;/h3-6,8-11,18-21,29-31,36-37H,2,7,12-17,22-28H2,1H3;1H2;2*1H4. The molecule has 0 radical (unpaired) electrons. The lowest BCUT2D eigenvalue weighted by atomic mass is 9.74. The van der Waals surface area contributed by atoms with Crippen LogP contribution in [0, 0.1) is 17.8 Å². The number of fused-ring (bicyclic) bond motifs is 7. The van der Waals surface area contributed by atoms with Gasteiger partial charge in [0.15, 0.2) is 0 Å². The maximum absolute atomic E-state index is 8.00. The summed E-state index contributed by atoms with van der Waals surface area (Å²) >= 11 is 0. The van der Waals surface area contributed by atoms with Gasteiger partial charge in [0, 0.05) is 0 Å². The number of aryl methyl sites for hydroxylation is 2. The second-order valence-electron chi connectivity index (χ2n) is 14.0. The van der Waals surface area contributed by atoms with Crippen LogP contribution in [0.3, 0.4) is 0 Å². The summed E-state index contributed by atoms with van der Waals surface area (Å²) in [6, 6.07) is 27.5. The fourth-order valence-electron chi connectivity index (χ4n) is 8.97. The molecule has 248 valence electrons. The molecule has 0 saturated heterocycles. The predicted octanol–water partition coefficient (Wildman–Crippen LogP) is 12.6. The highest BCUT2D eigenvalue weighted by Gasteiger charge is 2.29. The van der Waals surface area contributed by atoms with Crippen LogP contribution in [0.25, 0.3) is 32.7 Å². The average molecular weight is 621 g/mol. The predicted molar refractivity (Wildman–Crippen MR) is 200 cm³/mol. The summed E-state index contributed by atoms with van der Waals surface area (Å²) in [4.78, 5) is 8.00. The first-order chi connectivity index (χ1) is 21.7. The number of ether oxygens (including phenoxy) is 1. The molecule has 0 aromatic heterocycles. The normalized spacial score (nSPS) is 23.2. The molecule has 2 nitrogen and oxygen atoms in total. The minimum atomic E-state index is 0. The maximum Gasteiger partial charge on any atom is 0.106 e. The Hall–Kier alpha value is -2.97. The zero-order valence-electron chi connectivity index (χ0n) is 26.9. The SMILES string of the molecule is C.C.C=O.CCCC1CCC(CC2CCC(OC3CCc4ccc5ccccc5c4-c4c(ccc5ccccc45)CC3)CC2)CC1. The quantitative estimate of drug-likeness (QED) is 0.214. The van der Waals surface area contributed by atoms with E-state index in [9.17, 15) is 0 Å². The van der Waals surface area contributed by atoms with Gasteiger partial charge in [0.25, 0.3) is 0 Å². The lowest BCUT2D eigenvalue weighted by molar-refractivity contribution is -0.0980. The second-order valence-corrected chi connectivity index (χ2v) is 14.0. The topological polar surface area (TPSA) is 26.3 Å². The van der Waals surface area contributed by atoms with Crippen LogP contribution in [0.15, 0.2) is 72.8 Å².